The maximum atomic E-state index is 14.0. The number of aryl methyl sites for hydroxylation is 2. The van der Waals surface area contributed by atoms with Crippen LogP contribution < -0.4 is 5.14 Å². The maximum absolute atomic E-state index is 14.0. The third kappa shape index (κ3) is 3.77. The quantitative estimate of drug-likeness (QED) is 0.697. The fraction of sp³-hybridized carbons (Fsp3) is 0.143. The Labute approximate surface area is 157 Å². The molecule has 3 aromatic rings. The molecule has 0 unspecified atom stereocenters. The van der Waals surface area contributed by atoms with Crippen LogP contribution in [0.15, 0.2) is 53.4 Å². The standard InChI is InChI=1S/C21H19F2NO2S/c1-12-8-16(9-13(2)14(12)3)19-11-21(23)20(22)10-18(19)15-4-6-17(7-5-15)27(24,25)26/h4-11H,1-3H3,(H2,24,25,26). The highest BCUT2D eigenvalue weighted by Gasteiger charge is 2.16. The molecule has 0 spiro atoms. The summed E-state index contributed by atoms with van der Waals surface area (Å²) in [4.78, 5) is -0.0441. The van der Waals surface area contributed by atoms with Crippen LogP contribution in [0, 0.1) is 32.4 Å². The molecule has 27 heavy (non-hydrogen) atoms. The van der Waals surface area contributed by atoms with Gasteiger partial charge in [-0.2, -0.15) is 0 Å². The van der Waals surface area contributed by atoms with E-state index in [1.165, 1.54) is 30.3 Å². The van der Waals surface area contributed by atoms with Crippen LogP contribution in [0.4, 0.5) is 8.78 Å². The van der Waals surface area contributed by atoms with Crippen LogP contribution in [0.5, 0.6) is 0 Å². The molecule has 0 aliphatic carbocycles. The number of sulfonamides is 1. The summed E-state index contributed by atoms with van der Waals surface area (Å²) in [5.41, 5.74) is 5.56. The molecule has 140 valence electrons. The molecule has 0 heterocycles. The molecule has 0 aliphatic heterocycles. The number of halogens is 2. The summed E-state index contributed by atoms with van der Waals surface area (Å²) in [6.07, 6.45) is 0. The Balaban J connectivity index is 2.24. The van der Waals surface area contributed by atoms with Gasteiger partial charge in [0, 0.05) is 0 Å². The van der Waals surface area contributed by atoms with Gasteiger partial charge in [-0.3, -0.25) is 0 Å². The first-order valence-electron chi connectivity index (χ1n) is 8.28. The van der Waals surface area contributed by atoms with Gasteiger partial charge in [0.25, 0.3) is 0 Å². The summed E-state index contributed by atoms with van der Waals surface area (Å²) in [5, 5.41) is 5.12. The topological polar surface area (TPSA) is 60.2 Å². The Hall–Kier alpha value is -2.57. The van der Waals surface area contributed by atoms with Gasteiger partial charge in [0.1, 0.15) is 0 Å². The van der Waals surface area contributed by atoms with E-state index in [1.807, 2.05) is 32.9 Å². The monoisotopic (exact) mass is 387 g/mol. The zero-order valence-corrected chi connectivity index (χ0v) is 16.0. The Morgan fingerprint density at radius 3 is 1.63 bits per heavy atom. The van der Waals surface area contributed by atoms with Crippen molar-refractivity contribution in [3.05, 3.63) is 76.9 Å². The van der Waals surface area contributed by atoms with Crippen molar-refractivity contribution in [3.63, 3.8) is 0 Å². The lowest BCUT2D eigenvalue weighted by Gasteiger charge is -2.15. The van der Waals surface area contributed by atoms with E-state index in [1.54, 1.807) is 0 Å². The molecule has 0 radical (unpaired) electrons. The average Bonchev–Trinajstić information content (AvgIpc) is 2.60. The van der Waals surface area contributed by atoms with E-state index in [0.717, 1.165) is 28.3 Å². The average molecular weight is 387 g/mol. The molecule has 0 aromatic heterocycles. The SMILES string of the molecule is Cc1cc(-c2cc(F)c(F)cc2-c2ccc(S(N)(=O)=O)cc2)cc(C)c1C. The van der Waals surface area contributed by atoms with Gasteiger partial charge in [-0.05, 0) is 84.0 Å². The van der Waals surface area contributed by atoms with Crippen LogP contribution in [0.25, 0.3) is 22.3 Å². The van der Waals surface area contributed by atoms with E-state index in [2.05, 4.69) is 0 Å². The zero-order chi connectivity index (χ0) is 19.9. The van der Waals surface area contributed by atoms with Gasteiger partial charge >= 0.3 is 0 Å². The van der Waals surface area contributed by atoms with Crippen LogP contribution in [-0.4, -0.2) is 8.42 Å². The van der Waals surface area contributed by atoms with E-state index in [0.29, 0.717) is 16.7 Å². The molecule has 0 saturated heterocycles. The number of primary sulfonamides is 1. The van der Waals surface area contributed by atoms with E-state index >= 15 is 0 Å². The lowest BCUT2D eigenvalue weighted by molar-refractivity contribution is 0.509. The first-order valence-corrected chi connectivity index (χ1v) is 9.83. The molecule has 0 fully saturated rings. The molecule has 6 heteroatoms. The minimum Gasteiger partial charge on any atom is -0.225 e. The molecule has 0 aliphatic rings. The van der Waals surface area contributed by atoms with Crippen molar-refractivity contribution >= 4 is 10.0 Å². The van der Waals surface area contributed by atoms with Gasteiger partial charge in [-0.25, -0.2) is 22.3 Å². The highest BCUT2D eigenvalue weighted by molar-refractivity contribution is 7.89. The van der Waals surface area contributed by atoms with E-state index in [-0.39, 0.29) is 4.90 Å². The van der Waals surface area contributed by atoms with E-state index in [9.17, 15) is 17.2 Å². The third-order valence-electron chi connectivity index (χ3n) is 4.79. The van der Waals surface area contributed by atoms with Crippen LogP contribution in [0.1, 0.15) is 16.7 Å². The molecule has 3 aromatic carbocycles. The minimum absolute atomic E-state index is 0.0441. The summed E-state index contributed by atoms with van der Waals surface area (Å²) in [6.45, 7) is 5.94. The van der Waals surface area contributed by atoms with Gasteiger partial charge in [0.15, 0.2) is 11.6 Å². The molecule has 2 N–H and O–H groups in total. The molecule has 0 saturated carbocycles. The predicted octanol–water partition coefficient (Wildman–Crippen LogP) is 4.87. The number of rotatable bonds is 3. The fourth-order valence-electron chi connectivity index (χ4n) is 3.04. The van der Waals surface area contributed by atoms with Crippen LogP contribution in [0.2, 0.25) is 0 Å². The molecular formula is C21H19F2NO2S. The largest absolute Gasteiger partial charge is 0.238 e. The van der Waals surface area contributed by atoms with Crippen molar-refractivity contribution in [2.24, 2.45) is 5.14 Å². The second-order valence-corrected chi connectivity index (χ2v) is 8.18. The van der Waals surface area contributed by atoms with Crippen LogP contribution in [-0.2, 0) is 10.0 Å². The van der Waals surface area contributed by atoms with Gasteiger partial charge in [0.05, 0.1) is 4.90 Å². The normalized spacial score (nSPS) is 11.6. The van der Waals surface area contributed by atoms with Crippen LogP contribution in [0.3, 0.4) is 0 Å². The molecular weight excluding hydrogens is 368 g/mol. The minimum atomic E-state index is -3.83. The number of hydrogen-bond donors (Lipinski definition) is 1. The highest BCUT2D eigenvalue weighted by Crippen LogP contribution is 2.36. The second-order valence-electron chi connectivity index (χ2n) is 6.62. The fourth-order valence-corrected chi connectivity index (χ4v) is 3.56. The Kier molecular flexibility index (Phi) is 4.88. The summed E-state index contributed by atoms with van der Waals surface area (Å²) >= 11 is 0. The summed E-state index contributed by atoms with van der Waals surface area (Å²) in [7, 11) is -3.83. The highest BCUT2D eigenvalue weighted by atomic mass is 32.2. The molecule has 3 nitrogen and oxygen atoms in total. The van der Waals surface area contributed by atoms with Gasteiger partial charge < -0.3 is 0 Å². The summed E-state index contributed by atoms with van der Waals surface area (Å²) < 4.78 is 50.8. The third-order valence-corrected chi connectivity index (χ3v) is 5.72. The van der Waals surface area contributed by atoms with Gasteiger partial charge in [-0.1, -0.05) is 24.3 Å². The molecule has 0 amide bonds. The maximum Gasteiger partial charge on any atom is 0.238 e. The Morgan fingerprint density at radius 2 is 1.19 bits per heavy atom. The Bertz CT molecular complexity index is 1110. The van der Waals surface area contributed by atoms with Crippen molar-refractivity contribution in [1.29, 1.82) is 0 Å². The first-order chi connectivity index (χ1) is 12.6. The van der Waals surface area contributed by atoms with E-state index < -0.39 is 21.7 Å². The van der Waals surface area contributed by atoms with Crippen molar-refractivity contribution in [2.45, 2.75) is 25.7 Å². The van der Waals surface area contributed by atoms with E-state index in [4.69, 9.17) is 5.14 Å². The van der Waals surface area contributed by atoms with Crippen molar-refractivity contribution in [3.8, 4) is 22.3 Å². The lowest BCUT2D eigenvalue weighted by atomic mass is 9.91. The summed E-state index contributed by atoms with van der Waals surface area (Å²) in [5.74, 6) is -1.91. The smallest absolute Gasteiger partial charge is 0.225 e. The second kappa shape index (κ2) is 6.87. The van der Waals surface area contributed by atoms with Crippen LogP contribution >= 0.6 is 0 Å². The number of benzene rings is 3. The van der Waals surface area contributed by atoms with Gasteiger partial charge in [-0.15, -0.1) is 0 Å². The molecule has 0 atom stereocenters. The number of nitrogens with two attached hydrogens (primary N) is 1. The lowest BCUT2D eigenvalue weighted by Crippen LogP contribution is -2.11. The Morgan fingerprint density at radius 1 is 0.741 bits per heavy atom. The first kappa shape index (κ1) is 19.2. The van der Waals surface area contributed by atoms with Gasteiger partial charge in [0.2, 0.25) is 10.0 Å². The zero-order valence-electron chi connectivity index (χ0n) is 15.2. The van der Waals surface area contributed by atoms with Crippen molar-refractivity contribution < 1.29 is 17.2 Å². The molecule has 3 rings (SSSR count). The predicted molar refractivity (Wildman–Crippen MR) is 103 cm³/mol. The number of hydrogen-bond acceptors (Lipinski definition) is 2. The molecule has 0 bridgehead atoms. The van der Waals surface area contributed by atoms with Crippen molar-refractivity contribution in [2.75, 3.05) is 0 Å². The van der Waals surface area contributed by atoms with Crippen molar-refractivity contribution in [1.82, 2.24) is 0 Å². The summed E-state index contributed by atoms with van der Waals surface area (Å²) in [6, 6.07) is 11.9.